The number of hydrogen-bond acceptors (Lipinski definition) is 7. The van der Waals surface area contributed by atoms with Gasteiger partial charge in [0.15, 0.2) is 0 Å². The summed E-state index contributed by atoms with van der Waals surface area (Å²) in [5.74, 6) is 1.90. The SMILES string of the molecule is COc1ccc(N2C(c3ccc(C(=O)N4CCOCC4)cc3)=Nc3occc3C2N)cc1. The molecule has 2 aromatic carbocycles. The number of amidine groups is 1. The van der Waals surface area contributed by atoms with Gasteiger partial charge in [-0.1, -0.05) is 12.1 Å². The van der Waals surface area contributed by atoms with Crippen molar-refractivity contribution in [3.05, 3.63) is 77.6 Å². The van der Waals surface area contributed by atoms with Crippen LogP contribution < -0.4 is 15.4 Å². The fraction of sp³-hybridized carbons (Fsp3) is 0.250. The molecule has 0 spiro atoms. The van der Waals surface area contributed by atoms with E-state index in [0.717, 1.165) is 22.6 Å². The topological polar surface area (TPSA) is 93.5 Å². The normalized spacial score (nSPS) is 18.2. The lowest BCUT2D eigenvalue weighted by Gasteiger charge is -2.34. The Hall–Kier alpha value is -3.62. The third-order valence-electron chi connectivity index (χ3n) is 5.75. The molecule has 1 fully saturated rings. The zero-order valence-corrected chi connectivity index (χ0v) is 17.7. The molecule has 164 valence electrons. The number of benzene rings is 2. The number of rotatable bonds is 4. The van der Waals surface area contributed by atoms with Gasteiger partial charge in [-0.2, -0.15) is 4.99 Å². The third kappa shape index (κ3) is 3.63. The molecule has 0 radical (unpaired) electrons. The maximum absolute atomic E-state index is 12.8. The van der Waals surface area contributed by atoms with Gasteiger partial charge < -0.3 is 29.4 Å². The molecule has 2 aliphatic heterocycles. The zero-order valence-electron chi connectivity index (χ0n) is 17.7. The molecule has 2 aliphatic rings. The first-order chi connectivity index (χ1) is 15.7. The van der Waals surface area contributed by atoms with Gasteiger partial charge in [-0.25, -0.2) is 0 Å². The van der Waals surface area contributed by atoms with Crippen LogP contribution in [0.4, 0.5) is 11.6 Å². The van der Waals surface area contributed by atoms with Gasteiger partial charge in [-0.3, -0.25) is 4.79 Å². The molecular weight excluding hydrogens is 408 g/mol. The van der Waals surface area contributed by atoms with E-state index in [-0.39, 0.29) is 5.91 Å². The number of methoxy groups -OCH3 is 1. The highest BCUT2D eigenvalue weighted by Crippen LogP contribution is 2.37. The van der Waals surface area contributed by atoms with Crippen molar-refractivity contribution in [1.82, 2.24) is 4.90 Å². The molecule has 0 aliphatic carbocycles. The van der Waals surface area contributed by atoms with Crippen molar-refractivity contribution in [2.24, 2.45) is 10.7 Å². The molecule has 5 rings (SSSR count). The summed E-state index contributed by atoms with van der Waals surface area (Å²) >= 11 is 0. The van der Waals surface area contributed by atoms with Gasteiger partial charge in [0.25, 0.3) is 5.91 Å². The maximum Gasteiger partial charge on any atom is 0.254 e. The van der Waals surface area contributed by atoms with Crippen LogP contribution in [0, 0.1) is 0 Å². The summed E-state index contributed by atoms with van der Waals surface area (Å²) in [5, 5.41) is 0. The van der Waals surface area contributed by atoms with Crippen molar-refractivity contribution < 1.29 is 18.7 Å². The number of amides is 1. The highest BCUT2D eigenvalue weighted by Gasteiger charge is 2.31. The molecule has 8 heteroatoms. The van der Waals surface area contributed by atoms with Crippen LogP contribution in [0.15, 0.2) is 70.3 Å². The van der Waals surface area contributed by atoms with Gasteiger partial charge in [-0.05, 0) is 42.5 Å². The standard InChI is InChI=1S/C24H24N4O4/c1-30-19-8-6-18(7-9-19)28-21(25)20-10-13-32-23(20)26-22(28)16-2-4-17(5-3-16)24(29)27-11-14-31-15-12-27/h2-10,13,21H,11-12,14-15,25H2,1H3. The number of hydrogen-bond donors (Lipinski definition) is 1. The predicted octanol–water partition coefficient (Wildman–Crippen LogP) is 3.32. The largest absolute Gasteiger partial charge is 0.497 e. The van der Waals surface area contributed by atoms with Crippen LogP contribution in [-0.2, 0) is 4.74 Å². The van der Waals surface area contributed by atoms with Crippen molar-refractivity contribution in [1.29, 1.82) is 0 Å². The van der Waals surface area contributed by atoms with Crippen molar-refractivity contribution in [2.75, 3.05) is 38.3 Å². The first kappa shape index (κ1) is 20.3. The third-order valence-corrected chi connectivity index (χ3v) is 5.75. The number of carbonyl (C=O) groups is 1. The molecule has 1 atom stereocenters. The van der Waals surface area contributed by atoms with E-state index in [4.69, 9.17) is 24.6 Å². The van der Waals surface area contributed by atoms with Crippen molar-refractivity contribution in [3.8, 4) is 5.75 Å². The number of anilines is 1. The molecule has 3 heterocycles. The smallest absolute Gasteiger partial charge is 0.254 e. The molecule has 0 saturated carbocycles. The minimum Gasteiger partial charge on any atom is -0.497 e. The van der Waals surface area contributed by atoms with Crippen LogP contribution >= 0.6 is 0 Å². The lowest BCUT2D eigenvalue weighted by atomic mass is 10.1. The van der Waals surface area contributed by atoms with E-state index >= 15 is 0 Å². The van der Waals surface area contributed by atoms with E-state index in [1.807, 2.05) is 64.4 Å². The molecule has 1 saturated heterocycles. The van der Waals surface area contributed by atoms with Gasteiger partial charge in [0.1, 0.15) is 17.8 Å². The highest BCUT2D eigenvalue weighted by atomic mass is 16.5. The van der Waals surface area contributed by atoms with Gasteiger partial charge in [0, 0.05) is 29.9 Å². The summed E-state index contributed by atoms with van der Waals surface area (Å²) in [7, 11) is 1.63. The summed E-state index contributed by atoms with van der Waals surface area (Å²) < 4.78 is 16.2. The molecule has 32 heavy (non-hydrogen) atoms. The van der Waals surface area contributed by atoms with Crippen molar-refractivity contribution in [2.45, 2.75) is 6.17 Å². The fourth-order valence-electron chi connectivity index (χ4n) is 3.99. The second-order valence-corrected chi connectivity index (χ2v) is 7.61. The second kappa shape index (κ2) is 8.49. The van der Waals surface area contributed by atoms with Gasteiger partial charge in [0.2, 0.25) is 5.88 Å². The lowest BCUT2D eigenvalue weighted by Crippen LogP contribution is -2.42. The summed E-state index contributed by atoms with van der Waals surface area (Å²) in [6.07, 6.45) is 1.12. The number of ether oxygens (including phenoxy) is 2. The average Bonchev–Trinajstić information content (AvgIpc) is 3.33. The summed E-state index contributed by atoms with van der Waals surface area (Å²) in [4.78, 5) is 21.3. The minimum absolute atomic E-state index is 0.00228. The molecule has 2 N–H and O–H groups in total. The van der Waals surface area contributed by atoms with E-state index in [1.165, 1.54) is 0 Å². The lowest BCUT2D eigenvalue weighted by molar-refractivity contribution is 0.0303. The quantitative estimate of drug-likeness (QED) is 0.680. The average molecular weight is 432 g/mol. The van der Waals surface area contributed by atoms with Crippen LogP contribution in [-0.4, -0.2) is 50.1 Å². The first-order valence-corrected chi connectivity index (χ1v) is 10.5. The number of aliphatic imine (C=N–C) groups is 1. The maximum atomic E-state index is 12.8. The second-order valence-electron chi connectivity index (χ2n) is 7.61. The van der Waals surface area contributed by atoms with Crippen LogP contribution in [0.5, 0.6) is 5.75 Å². The number of nitrogens with zero attached hydrogens (tertiary/aromatic N) is 3. The summed E-state index contributed by atoms with van der Waals surface area (Å²) in [6, 6.07) is 16.9. The van der Waals surface area contributed by atoms with Crippen molar-refractivity contribution >= 4 is 23.3 Å². The number of carbonyl (C=O) groups excluding carboxylic acids is 1. The molecule has 3 aromatic rings. The van der Waals surface area contributed by atoms with Crippen LogP contribution in [0.2, 0.25) is 0 Å². The van der Waals surface area contributed by atoms with E-state index < -0.39 is 6.17 Å². The molecule has 0 bridgehead atoms. The number of fused-ring (bicyclic) bond motifs is 1. The molecule has 1 aromatic heterocycles. The monoisotopic (exact) mass is 432 g/mol. The van der Waals surface area contributed by atoms with Gasteiger partial charge in [-0.15, -0.1) is 0 Å². The Labute approximate surface area is 185 Å². The summed E-state index contributed by atoms with van der Waals surface area (Å²) in [5.41, 5.74) is 9.76. The molecule has 8 nitrogen and oxygen atoms in total. The van der Waals surface area contributed by atoms with Crippen LogP contribution in [0.1, 0.15) is 27.7 Å². The Morgan fingerprint density at radius 2 is 1.78 bits per heavy atom. The number of nitrogens with two attached hydrogens (primary N) is 1. The number of morpholine rings is 1. The fourth-order valence-corrected chi connectivity index (χ4v) is 3.99. The Bertz CT molecular complexity index is 1130. The van der Waals surface area contributed by atoms with E-state index in [1.54, 1.807) is 13.4 Å². The molecule has 1 amide bonds. The minimum atomic E-state index is -0.473. The number of furan rings is 1. The van der Waals surface area contributed by atoms with E-state index in [2.05, 4.69) is 0 Å². The van der Waals surface area contributed by atoms with E-state index in [9.17, 15) is 4.79 Å². The Kier molecular flexibility index (Phi) is 5.38. The van der Waals surface area contributed by atoms with Crippen molar-refractivity contribution in [3.63, 3.8) is 0 Å². The molecular formula is C24H24N4O4. The Balaban J connectivity index is 1.49. The van der Waals surface area contributed by atoms with Crippen LogP contribution in [0.3, 0.4) is 0 Å². The van der Waals surface area contributed by atoms with Gasteiger partial charge in [0.05, 0.1) is 32.2 Å². The van der Waals surface area contributed by atoms with Crippen LogP contribution in [0.25, 0.3) is 0 Å². The first-order valence-electron chi connectivity index (χ1n) is 10.5. The summed E-state index contributed by atoms with van der Waals surface area (Å²) in [6.45, 7) is 2.35. The molecule has 1 unspecified atom stereocenters. The van der Waals surface area contributed by atoms with Gasteiger partial charge >= 0.3 is 0 Å². The Morgan fingerprint density at radius 3 is 2.47 bits per heavy atom. The Morgan fingerprint density at radius 1 is 1.06 bits per heavy atom. The predicted molar refractivity (Wildman–Crippen MR) is 120 cm³/mol. The zero-order chi connectivity index (χ0) is 22.1. The van der Waals surface area contributed by atoms with E-state index in [0.29, 0.717) is 43.6 Å². The highest BCUT2D eigenvalue weighted by molar-refractivity contribution is 6.12.